The van der Waals surface area contributed by atoms with Crippen LogP contribution >= 0.6 is 0 Å². The first-order chi connectivity index (χ1) is 7.26. The summed E-state index contributed by atoms with van der Waals surface area (Å²) in [6.45, 7) is 1.80. The van der Waals surface area contributed by atoms with E-state index in [4.69, 9.17) is 9.47 Å². The fourth-order valence-electron chi connectivity index (χ4n) is 0.953. The summed E-state index contributed by atoms with van der Waals surface area (Å²) in [6, 6.07) is 6.83. The van der Waals surface area contributed by atoms with Crippen LogP contribution in [-0.2, 0) is 0 Å². The molecule has 1 aromatic rings. The Morgan fingerprint density at radius 3 is 2.80 bits per heavy atom. The van der Waals surface area contributed by atoms with E-state index in [2.05, 4.69) is 5.32 Å². The zero-order chi connectivity index (χ0) is 11.1. The molecule has 0 saturated heterocycles. The van der Waals surface area contributed by atoms with Crippen LogP contribution < -0.4 is 14.8 Å². The Hall–Kier alpha value is -1.97. The minimum atomic E-state index is -0.527. The SMILES string of the molecule is CC=CNC(=O)Oc1cccc(OC)c1. The highest BCUT2D eigenvalue weighted by Crippen LogP contribution is 2.18. The first-order valence-corrected chi connectivity index (χ1v) is 4.50. The van der Waals surface area contributed by atoms with Gasteiger partial charge in [-0.1, -0.05) is 12.1 Å². The third-order valence-corrected chi connectivity index (χ3v) is 1.62. The number of hydrogen-bond acceptors (Lipinski definition) is 3. The molecule has 1 rings (SSSR count). The van der Waals surface area contributed by atoms with Crippen molar-refractivity contribution in [1.29, 1.82) is 0 Å². The van der Waals surface area contributed by atoms with E-state index >= 15 is 0 Å². The van der Waals surface area contributed by atoms with E-state index in [1.807, 2.05) is 0 Å². The summed E-state index contributed by atoms with van der Waals surface area (Å²) in [5.41, 5.74) is 0. The Bertz CT molecular complexity index is 361. The molecule has 0 fully saturated rings. The van der Waals surface area contributed by atoms with Crippen molar-refractivity contribution in [2.45, 2.75) is 6.92 Å². The first-order valence-electron chi connectivity index (χ1n) is 4.50. The van der Waals surface area contributed by atoms with Gasteiger partial charge in [0.05, 0.1) is 7.11 Å². The molecule has 0 aliphatic carbocycles. The molecule has 0 saturated carbocycles. The fourth-order valence-corrected chi connectivity index (χ4v) is 0.953. The highest BCUT2D eigenvalue weighted by molar-refractivity contribution is 5.71. The highest BCUT2D eigenvalue weighted by atomic mass is 16.6. The largest absolute Gasteiger partial charge is 0.497 e. The normalized spacial score (nSPS) is 10.0. The van der Waals surface area contributed by atoms with Crippen LogP contribution in [0.5, 0.6) is 11.5 Å². The zero-order valence-corrected chi connectivity index (χ0v) is 8.69. The maximum absolute atomic E-state index is 11.1. The van der Waals surface area contributed by atoms with Crippen molar-refractivity contribution in [1.82, 2.24) is 5.32 Å². The van der Waals surface area contributed by atoms with Crippen molar-refractivity contribution in [2.24, 2.45) is 0 Å². The summed E-state index contributed by atoms with van der Waals surface area (Å²) in [4.78, 5) is 11.1. The smallest absolute Gasteiger partial charge is 0.416 e. The maximum Gasteiger partial charge on any atom is 0.416 e. The number of ether oxygens (including phenoxy) is 2. The quantitative estimate of drug-likeness (QED) is 0.827. The van der Waals surface area contributed by atoms with Crippen molar-refractivity contribution in [2.75, 3.05) is 7.11 Å². The third kappa shape index (κ3) is 3.72. The molecule has 80 valence electrons. The Morgan fingerprint density at radius 1 is 1.40 bits per heavy atom. The van der Waals surface area contributed by atoms with Crippen LogP contribution in [0.1, 0.15) is 6.92 Å². The Morgan fingerprint density at radius 2 is 2.13 bits per heavy atom. The van der Waals surface area contributed by atoms with Crippen molar-refractivity contribution in [3.05, 3.63) is 36.5 Å². The molecule has 0 unspecified atom stereocenters. The second-order valence-electron chi connectivity index (χ2n) is 2.71. The number of methoxy groups -OCH3 is 1. The van der Waals surface area contributed by atoms with Gasteiger partial charge in [-0.3, -0.25) is 5.32 Å². The number of allylic oxidation sites excluding steroid dienone is 1. The van der Waals surface area contributed by atoms with Crippen LogP contribution in [0.15, 0.2) is 36.5 Å². The minimum Gasteiger partial charge on any atom is -0.497 e. The average molecular weight is 207 g/mol. The monoisotopic (exact) mass is 207 g/mol. The number of rotatable bonds is 3. The lowest BCUT2D eigenvalue weighted by Gasteiger charge is -2.05. The number of carbonyl (C=O) groups excluding carboxylic acids is 1. The highest BCUT2D eigenvalue weighted by Gasteiger charge is 2.02. The Kier molecular flexibility index (Phi) is 4.22. The molecule has 0 heterocycles. The van der Waals surface area contributed by atoms with Crippen molar-refractivity contribution in [3.63, 3.8) is 0 Å². The van der Waals surface area contributed by atoms with Crippen LogP contribution in [0.2, 0.25) is 0 Å². The second kappa shape index (κ2) is 5.70. The van der Waals surface area contributed by atoms with Crippen LogP contribution in [0.4, 0.5) is 4.79 Å². The number of benzene rings is 1. The third-order valence-electron chi connectivity index (χ3n) is 1.62. The molecule has 4 heteroatoms. The van der Waals surface area contributed by atoms with E-state index in [9.17, 15) is 4.79 Å². The van der Waals surface area contributed by atoms with Gasteiger partial charge in [-0.15, -0.1) is 0 Å². The summed E-state index contributed by atoms with van der Waals surface area (Å²) in [7, 11) is 1.55. The van der Waals surface area contributed by atoms with Gasteiger partial charge >= 0.3 is 6.09 Å². The van der Waals surface area contributed by atoms with E-state index in [1.54, 1.807) is 44.4 Å². The van der Waals surface area contributed by atoms with Crippen LogP contribution in [0.25, 0.3) is 0 Å². The summed E-state index contributed by atoms with van der Waals surface area (Å²) < 4.78 is 9.97. The lowest BCUT2D eigenvalue weighted by Crippen LogP contribution is -2.21. The van der Waals surface area contributed by atoms with Crippen LogP contribution in [-0.4, -0.2) is 13.2 Å². The second-order valence-corrected chi connectivity index (χ2v) is 2.71. The topological polar surface area (TPSA) is 47.6 Å². The van der Waals surface area contributed by atoms with Gasteiger partial charge in [0.25, 0.3) is 0 Å². The molecule has 0 radical (unpaired) electrons. The molecule has 0 spiro atoms. The molecule has 0 aliphatic rings. The molecule has 1 amide bonds. The van der Waals surface area contributed by atoms with Gasteiger partial charge in [0.2, 0.25) is 0 Å². The van der Waals surface area contributed by atoms with Gasteiger partial charge in [-0.25, -0.2) is 4.79 Å². The number of hydrogen-bond donors (Lipinski definition) is 1. The molecule has 1 N–H and O–H groups in total. The Labute approximate surface area is 88.5 Å². The fraction of sp³-hybridized carbons (Fsp3) is 0.182. The molecule has 0 aliphatic heterocycles. The zero-order valence-electron chi connectivity index (χ0n) is 8.69. The molecule has 0 bridgehead atoms. The van der Waals surface area contributed by atoms with Crippen molar-refractivity contribution >= 4 is 6.09 Å². The van der Waals surface area contributed by atoms with Crippen molar-refractivity contribution in [3.8, 4) is 11.5 Å². The standard InChI is InChI=1S/C11H13NO3/c1-3-7-12-11(13)15-10-6-4-5-9(8-10)14-2/h3-8H,1-2H3,(H,12,13). The van der Waals surface area contributed by atoms with Gasteiger partial charge in [0.1, 0.15) is 11.5 Å². The van der Waals surface area contributed by atoms with E-state index in [-0.39, 0.29) is 0 Å². The number of amides is 1. The van der Waals surface area contributed by atoms with Crippen molar-refractivity contribution < 1.29 is 14.3 Å². The molecule has 4 nitrogen and oxygen atoms in total. The van der Waals surface area contributed by atoms with Crippen LogP contribution in [0.3, 0.4) is 0 Å². The van der Waals surface area contributed by atoms with Gasteiger partial charge in [0.15, 0.2) is 0 Å². The number of nitrogens with one attached hydrogen (secondary N) is 1. The summed E-state index contributed by atoms with van der Waals surface area (Å²) in [5, 5.41) is 2.44. The molecule has 1 aromatic carbocycles. The number of carbonyl (C=O) groups is 1. The van der Waals surface area contributed by atoms with E-state index in [1.165, 1.54) is 6.20 Å². The lowest BCUT2D eigenvalue weighted by molar-refractivity contribution is 0.204. The molecule has 15 heavy (non-hydrogen) atoms. The van der Waals surface area contributed by atoms with E-state index in [0.717, 1.165) is 0 Å². The summed E-state index contributed by atoms with van der Waals surface area (Å²) >= 11 is 0. The first kappa shape index (κ1) is 11.1. The summed E-state index contributed by atoms with van der Waals surface area (Å²) in [6.07, 6.45) is 2.68. The molecular formula is C11H13NO3. The predicted octanol–water partition coefficient (Wildman–Crippen LogP) is 2.32. The van der Waals surface area contributed by atoms with Gasteiger partial charge in [0, 0.05) is 12.3 Å². The molecule has 0 aromatic heterocycles. The summed E-state index contributed by atoms with van der Waals surface area (Å²) in [5.74, 6) is 1.09. The Balaban J connectivity index is 2.59. The maximum atomic E-state index is 11.1. The minimum absolute atomic E-state index is 0.441. The van der Waals surface area contributed by atoms with Gasteiger partial charge in [-0.2, -0.15) is 0 Å². The predicted molar refractivity (Wildman–Crippen MR) is 57.0 cm³/mol. The lowest BCUT2D eigenvalue weighted by atomic mass is 10.3. The van der Waals surface area contributed by atoms with E-state index in [0.29, 0.717) is 11.5 Å². The van der Waals surface area contributed by atoms with E-state index < -0.39 is 6.09 Å². The molecule has 0 atom stereocenters. The molecular weight excluding hydrogens is 194 g/mol. The van der Waals surface area contributed by atoms with Gasteiger partial charge in [-0.05, 0) is 19.1 Å². The van der Waals surface area contributed by atoms with Gasteiger partial charge < -0.3 is 9.47 Å². The van der Waals surface area contributed by atoms with Crippen LogP contribution in [0, 0.1) is 0 Å². The average Bonchev–Trinajstić information content (AvgIpc) is 2.26.